The second-order valence-corrected chi connectivity index (χ2v) is 4.11. The highest BCUT2D eigenvalue weighted by molar-refractivity contribution is 5.96. The van der Waals surface area contributed by atoms with Gasteiger partial charge >= 0.3 is 0 Å². The Hall–Kier alpha value is -2.30. The van der Waals surface area contributed by atoms with Gasteiger partial charge in [0.15, 0.2) is 5.69 Å². The number of rotatable bonds is 3. The fourth-order valence-corrected chi connectivity index (χ4v) is 1.65. The molecule has 0 spiro atoms. The lowest BCUT2D eigenvalue weighted by Gasteiger charge is -2.15. The summed E-state index contributed by atoms with van der Waals surface area (Å²) in [6, 6.07) is 7.07. The van der Waals surface area contributed by atoms with Gasteiger partial charge in [0.25, 0.3) is 5.91 Å². The standard InChI is InChI=1S/C13H15N3O2/c1-9-5-6-10(18-9)8-16(2)13(17)12-11(14)4-3-7-15-12/h3-7H,8,14H2,1-2H3. The molecule has 0 bridgehead atoms. The summed E-state index contributed by atoms with van der Waals surface area (Å²) in [6.07, 6.45) is 1.55. The van der Waals surface area contributed by atoms with Crippen molar-refractivity contribution in [1.29, 1.82) is 0 Å². The van der Waals surface area contributed by atoms with Crippen LogP contribution in [0.4, 0.5) is 5.69 Å². The Labute approximate surface area is 105 Å². The molecule has 18 heavy (non-hydrogen) atoms. The summed E-state index contributed by atoms with van der Waals surface area (Å²) in [5.41, 5.74) is 6.37. The highest BCUT2D eigenvalue weighted by Gasteiger charge is 2.16. The van der Waals surface area contributed by atoms with Crippen LogP contribution < -0.4 is 5.73 Å². The van der Waals surface area contributed by atoms with E-state index in [0.29, 0.717) is 12.2 Å². The topological polar surface area (TPSA) is 72.4 Å². The van der Waals surface area contributed by atoms with Crippen molar-refractivity contribution >= 4 is 11.6 Å². The second kappa shape index (κ2) is 4.91. The van der Waals surface area contributed by atoms with Gasteiger partial charge in [0.1, 0.15) is 11.5 Å². The third kappa shape index (κ3) is 2.51. The summed E-state index contributed by atoms with van der Waals surface area (Å²) in [5, 5.41) is 0. The molecule has 0 aliphatic heterocycles. The normalized spacial score (nSPS) is 10.3. The van der Waals surface area contributed by atoms with Crippen molar-refractivity contribution in [1.82, 2.24) is 9.88 Å². The number of furan rings is 1. The van der Waals surface area contributed by atoms with Gasteiger partial charge in [-0.3, -0.25) is 4.79 Å². The fraction of sp³-hybridized carbons (Fsp3) is 0.231. The lowest BCUT2D eigenvalue weighted by Crippen LogP contribution is -2.27. The summed E-state index contributed by atoms with van der Waals surface area (Å²) in [6.45, 7) is 2.25. The maximum absolute atomic E-state index is 12.1. The molecule has 5 heteroatoms. The van der Waals surface area contributed by atoms with E-state index in [4.69, 9.17) is 10.2 Å². The van der Waals surface area contributed by atoms with Crippen LogP contribution in [-0.4, -0.2) is 22.8 Å². The van der Waals surface area contributed by atoms with Gasteiger partial charge in [-0.05, 0) is 31.2 Å². The number of anilines is 1. The Kier molecular flexibility index (Phi) is 3.32. The zero-order chi connectivity index (χ0) is 13.1. The Bertz CT molecular complexity index is 563. The molecule has 94 valence electrons. The van der Waals surface area contributed by atoms with Crippen molar-refractivity contribution < 1.29 is 9.21 Å². The SMILES string of the molecule is Cc1ccc(CN(C)C(=O)c2ncccc2N)o1. The first-order valence-corrected chi connectivity index (χ1v) is 5.59. The molecular formula is C13H15N3O2. The molecule has 2 heterocycles. The summed E-state index contributed by atoms with van der Waals surface area (Å²) in [7, 11) is 1.69. The lowest BCUT2D eigenvalue weighted by atomic mass is 10.2. The smallest absolute Gasteiger partial charge is 0.274 e. The van der Waals surface area contributed by atoms with Gasteiger partial charge in [-0.15, -0.1) is 0 Å². The number of hydrogen-bond donors (Lipinski definition) is 1. The van der Waals surface area contributed by atoms with Crippen LogP contribution in [0.25, 0.3) is 0 Å². The number of aryl methyl sites for hydroxylation is 1. The number of carbonyl (C=O) groups is 1. The minimum Gasteiger partial charge on any atom is -0.464 e. The quantitative estimate of drug-likeness (QED) is 0.895. The minimum absolute atomic E-state index is 0.220. The number of nitrogen functional groups attached to an aromatic ring is 1. The van der Waals surface area contributed by atoms with Crippen molar-refractivity contribution in [2.24, 2.45) is 0 Å². The number of hydrogen-bond acceptors (Lipinski definition) is 4. The van der Waals surface area contributed by atoms with Crippen LogP contribution in [-0.2, 0) is 6.54 Å². The van der Waals surface area contributed by atoms with E-state index in [2.05, 4.69) is 4.98 Å². The molecule has 2 rings (SSSR count). The van der Waals surface area contributed by atoms with Crippen LogP contribution >= 0.6 is 0 Å². The molecule has 2 aromatic heterocycles. The van der Waals surface area contributed by atoms with E-state index in [0.717, 1.165) is 11.5 Å². The van der Waals surface area contributed by atoms with Crippen molar-refractivity contribution in [2.75, 3.05) is 12.8 Å². The first kappa shape index (κ1) is 12.2. The molecule has 0 radical (unpaired) electrons. The Morgan fingerprint density at radius 1 is 1.44 bits per heavy atom. The number of carbonyl (C=O) groups excluding carboxylic acids is 1. The average Bonchev–Trinajstić information content (AvgIpc) is 2.74. The maximum Gasteiger partial charge on any atom is 0.274 e. The van der Waals surface area contributed by atoms with Crippen LogP contribution in [0.2, 0.25) is 0 Å². The predicted octanol–water partition coefficient (Wildman–Crippen LogP) is 1.84. The Morgan fingerprint density at radius 3 is 2.83 bits per heavy atom. The van der Waals surface area contributed by atoms with Gasteiger partial charge in [0.05, 0.1) is 12.2 Å². The monoisotopic (exact) mass is 245 g/mol. The van der Waals surface area contributed by atoms with Crippen molar-refractivity contribution in [3.8, 4) is 0 Å². The molecule has 0 aliphatic rings. The van der Waals surface area contributed by atoms with Crippen LogP contribution in [0.3, 0.4) is 0 Å². The molecule has 0 fully saturated rings. The summed E-state index contributed by atoms with van der Waals surface area (Å²) < 4.78 is 5.42. The van der Waals surface area contributed by atoms with E-state index >= 15 is 0 Å². The molecule has 0 aliphatic carbocycles. The number of pyridine rings is 1. The first-order valence-electron chi connectivity index (χ1n) is 5.59. The largest absolute Gasteiger partial charge is 0.464 e. The van der Waals surface area contributed by atoms with Gasteiger partial charge in [0.2, 0.25) is 0 Å². The van der Waals surface area contributed by atoms with Crippen LogP contribution in [0, 0.1) is 6.92 Å². The third-order valence-electron chi connectivity index (χ3n) is 2.58. The van der Waals surface area contributed by atoms with Crippen molar-refractivity contribution in [2.45, 2.75) is 13.5 Å². The Balaban J connectivity index is 2.12. The van der Waals surface area contributed by atoms with Crippen LogP contribution in [0.5, 0.6) is 0 Å². The molecule has 0 aromatic carbocycles. The fourth-order valence-electron chi connectivity index (χ4n) is 1.65. The number of nitrogens with two attached hydrogens (primary N) is 1. The Morgan fingerprint density at radius 2 is 2.22 bits per heavy atom. The number of aromatic nitrogens is 1. The van der Waals surface area contributed by atoms with E-state index in [1.807, 2.05) is 19.1 Å². The molecule has 0 atom stereocenters. The molecule has 1 amide bonds. The summed E-state index contributed by atoms with van der Waals surface area (Å²) >= 11 is 0. The van der Waals surface area contributed by atoms with E-state index < -0.39 is 0 Å². The summed E-state index contributed by atoms with van der Waals surface area (Å²) in [5.74, 6) is 1.34. The van der Waals surface area contributed by atoms with Gasteiger partial charge in [-0.2, -0.15) is 0 Å². The zero-order valence-corrected chi connectivity index (χ0v) is 10.4. The van der Waals surface area contributed by atoms with Crippen molar-refractivity contribution in [3.05, 3.63) is 47.7 Å². The lowest BCUT2D eigenvalue weighted by molar-refractivity contribution is 0.0770. The van der Waals surface area contributed by atoms with Gasteiger partial charge in [-0.1, -0.05) is 0 Å². The molecular weight excluding hydrogens is 230 g/mol. The highest BCUT2D eigenvalue weighted by atomic mass is 16.3. The molecule has 5 nitrogen and oxygen atoms in total. The molecule has 0 saturated carbocycles. The molecule has 0 saturated heterocycles. The van der Waals surface area contributed by atoms with E-state index in [9.17, 15) is 4.79 Å². The molecule has 0 unspecified atom stereocenters. The van der Waals surface area contributed by atoms with E-state index in [1.54, 1.807) is 25.4 Å². The minimum atomic E-state index is -0.220. The molecule has 2 aromatic rings. The average molecular weight is 245 g/mol. The predicted molar refractivity (Wildman–Crippen MR) is 67.9 cm³/mol. The van der Waals surface area contributed by atoms with Gasteiger partial charge < -0.3 is 15.1 Å². The highest BCUT2D eigenvalue weighted by Crippen LogP contribution is 2.13. The van der Waals surface area contributed by atoms with Crippen molar-refractivity contribution in [3.63, 3.8) is 0 Å². The zero-order valence-electron chi connectivity index (χ0n) is 10.4. The van der Waals surface area contributed by atoms with E-state index in [-0.39, 0.29) is 11.6 Å². The summed E-state index contributed by atoms with van der Waals surface area (Å²) in [4.78, 5) is 17.6. The second-order valence-electron chi connectivity index (χ2n) is 4.11. The van der Waals surface area contributed by atoms with Gasteiger partial charge in [-0.25, -0.2) is 4.98 Å². The van der Waals surface area contributed by atoms with Crippen LogP contribution in [0.15, 0.2) is 34.9 Å². The maximum atomic E-state index is 12.1. The first-order chi connectivity index (χ1) is 8.58. The number of amides is 1. The third-order valence-corrected chi connectivity index (χ3v) is 2.58. The molecule has 2 N–H and O–H groups in total. The van der Waals surface area contributed by atoms with E-state index in [1.165, 1.54) is 4.90 Å². The van der Waals surface area contributed by atoms with Crippen LogP contribution in [0.1, 0.15) is 22.0 Å². The number of nitrogens with zero attached hydrogens (tertiary/aromatic N) is 2. The van der Waals surface area contributed by atoms with Gasteiger partial charge in [0, 0.05) is 13.2 Å².